The summed E-state index contributed by atoms with van der Waals surface area (Å²) >= 11 is 0. The normalized spacial score (nSPS) is 21.1. The summed E-state index contributed by atoms with van der Waals surface area (Å²) in [5, 5.41) is 6.95. The molecule has 2 heterocycles. The Bertz CT molecular complexity index is 583. The van der Waals surface area contributed by atoms with Gasteiger partial charge in [-0.2, -0.15) is 5.10 Å². The zero-order valence-corrected chi connectivity index (χ0v) is 10.4. The summed E-state index contributed by atoms with van der Waals surface area (Å²) in [7, 11) is 0. The molecule has 1 saturated carbocycles. The second-order valence-electron chi connectivity index (χ2n) is 4.34. The quantitative estimate of drug-likeness (QED) is 0.821. The van der Waals surface area contributed by atoms with Gasteiger partial charge in [-0.15, -0.1) is 0 Å². The van der Waals surface area contributed by atoms with Gasteiger partial charge in [0.25, 0.3) is 0 Å². The van der Waals surface area contributed by atoms with Crippen molar-refractivity contribution < 1.29 is 9.53 Å². The number of ether oxygens (including phenoxy) is 1. The Morgan fingerprint density at radius 2 is 2.42 bits per heavy atom. The Balaban J connectivity index is 1.72. The third-order valence-electron chi connectivity index (χ3n) is 3.03. The molecule has 3 rings (SSSR count). The molecule has 1 aliphatic rings. The van der Waals surface area contributed by atoms with E-state index in [-0.39, 0.29) is 17.8 Å². The number of carbonyl (C=O) groups is 1. The van der Waals surface area contributed by atoms with E-state index in [2.05, 4.69) is 25.1 Å². The molecule has 2 aromatic rings. The number of hydrogen-bond donors (Lipinski definition) is 1. The molecule has 0 aromatic carbocycles. The molecule has 2 aromatic heterocycles. The first-order chi connectivity index (χ1) is 9.29. The van der Waals surface area contributed by atoms with Crippen LogP contribution < -0.4 is 0 Å². The first-order valence-electron chi connectivity index (χ1n) is 6.15. The maximum absolute atomic E-state index is 11.6. The van der Waals surface area contributed by atoms with Crippen LogP contribution in [0.4, 0.5) is 0 Å². The molecular formula is C12H13N5O2. The molecule has 7 heteroatoms. The van der Waals surface area contributed by atoms with Crippen LogP contribution in [-0.2, 0) is 9.53 Å². The van der Waals surface area contributed by atoms with Gasteiger partial charge in [-0.25, -0.2) is 9.97 Å². The highest BCUT2D eigenvalue weighted by atomic mass is 16.5. The lowest BCUT2D eigenvalue weighted by molar-refractivity contribution is -0.144. The number of nitrogens with zero attached hydrogens (tertiary/aromatic N) is 4. The summed E-state index contributed by atoms with van der Waals surface area (Å²) in [5.41, 5.74) is 0.610. The highest BCUT2D eigenvalue weighted by Crippen LogP contribution is 2.46. The Morgan fingerprint density at radius 3 is 3.16 bits per heavy atom. The van der Waals surface area contributed by atoms with Gasteiger partial charge >= 0.3 is 5.97 Å². The van der Waals surface area contributed by atoms with E-state index in [1.54, 1.807) is 25.5 Å². The molecule has 0 radical (unpaired) electrons. The van der Waals surface area contributed by atoms with Gasteiger partial charge in [-0.3, -0.25) is 14.9 Å². The smallest absolute Gasteiger partial charge is 0.309 e. The molecule has 0 unspecified atom stereocenters. The Hall–Kier alpha value is -2.31. The van der Waals surface area contributed by atoms with E-state index in [1.807, 2.05) is 0 Å². The molecule has 19 heavy (non-hydrogen) atoms. The maximum Gasteiger partial charge on any atom is 0.309 e. The zero-order chi connectivity index (χ0) is 13.2. The van der Waals surface area contributed by atoms with Crippen molar-refractivity contribution in [2.45, 2.75) is 19.3 Å². The van der Waals surface area contributed by atoms with Crippen molar-refractivity contribution in [2.24, 2.45) is 5.92 Å². The zero-order valence-electron chi connectivity index (χ0n) is 10.4. The minimum absolute atomic E-state index is 0.0805. The molecule has 0 amide bonds. The molecule has 7 nitrogen and oxygen atoms in total. The number of rotatable bonds is 4. The first-order valence-corrected chi connectivity index (χ1v) is 6.15. The molecule has 2 atom stereocenters. The summed E-state index contributed by atoms with van der Waals surface area (Å²) in [5.74, 6) is 1.03. The van der Waals surface area contributed by atoms with Crippen LogP contribution in [0.2, 0.25) is 0 Å². The van der Waals surface area contributed by atoms with Gasteiger partial charge in [0.15, 0.2) is 0 Å². The summed E-state index contributed by atoms with van der Waals surface area (Å²) < 4.78 is 4.99. The van der Waals surface area contributed by atoms with E-state index < -0.39 is 0 Å². The van der Waals surface area contributed by atoms with E-state index in [0.717, 1.165) is 6.42 Å². The Morgan fingerprint density at radius 1 is 1.53 bits per heavy atom. The van der Waals surface area contributed by atoms with E-state index in [0.29, 0.717) is 23.9 Å². The molecule has 98 valence electrons. The van der Waals surface area contributed by atoms with Crippen LogP contribution in [0.25, 0.3) is 11.5 Å². The molecule has 1 N–H and O–H groups in total. The van der Waals surface area contributed by atoms with Crippen molar-refractivity contribution in [2.75, 3.05) is 6.61 Å². The van der Waals surface area contributed by atoms with Gasteiger partial charge < -0.3 is 4.74 Å². The standard InChI is InChI=1S/C12H13N5O2/c1-2-19-12(18)8-5-7(8)10-15-11(17-16-10)9-6-13-3-4-14-9/h3-4,6-8H,2,5H2,1H3,(H,15,16,17)/t7-,8+/m0/s1. The minimum atomic E-state index is -0.162. The number of aromatic nitrogens is 5. The van der Waals surface area contributed by atoms with E-state index in [9.17, 15) is 4.79 Å². The van der Waals surface area contributed by atoms with Gasteiger partial charge in [0.2, 0.25) is 5.82 Å². The largest absolute Gasteiger partial charge is 0.466 e. The summed E-state index contributed by atoms with van der Waals surface area (Å²) in [6, 6.07) is 0. The number of hydrogen-bond acceptors (Lipinski definition) is 6. The molecule has 0 spiro atoms. The predicted molar refractivity (Wildman–Crippen MR) is 64.9 cm³/mol. The van der Waals surface area contributed by atoms with Gasteiger partial charge in [-0.1, -0.05) is 0 Å². The van der Waals surface area contributed by atoms with Crippen molar-refractivity contribution in [1.29, 1.82) is 0 Å². The Labute approximate surface area is 109 Å². The number of carbonyl (C=O) groups excluding carboxylic acids is 1. The predicted octanol–water partition coefficient (Wildman–Crippen LogP) is 0.928. The topological polar surface area (TPSA) is 93.7 Å². The SMILES string of the molecule is CCOC(=O)[C@@H]1C[C@@H]1c1nc(-c2cnccn2)n[nH]1. The van der Waals surface area contributed by atoms with Crippen LogP contribution in [0.3, 0.4) is 0 Å². The van der Waals surface area contributed by atoms with Gasteiger partial charge in [0.1, 0.15) is 11.5 Å². The second kappa shape index (κ2) is 4.75. The van der Waals surface area contributed by atoms with Crippen molar-refractivity contribution in [3.05, 3.63) is 24.4 Å². The lowest BCUT2D eigenvalue weighted by atomic mass is 10.3. The fourth-order valence-corrected chi connectivity index (χ4v) is 1.98. The average molecular weight is 259 g/mol. The number of nitrogens with one attached hydrogen (secondary N) is 1. The molecular weight excluding hydrogens is 246 g/mol. The first kappa shape index (κ1) is 11.8. The van der Waals surface area contributed by atoms with Crippen LogP contribution >= 0.6 is 0 Å². The van der Waals surface area contributed by atoms with Crippen LogP contribution in [0.5, 0.6) is 0 Å². The highest BCUT2D eigenvalue weighted by Gasteiger charge is 2.47. The van der Waals surface area contributed by atoms with E-state index in [1.165, 1.54) is 0 Å². The lowest BCUT2D eigenvalue weighted by Crippen LogP contribution is -2.07. The third kappa shape index (κ3) is 2.31. The van der Waals surface area contributed by atoms with Crippen molar-refractivity contribution in [3.63, 3.8) is 0 Å². The summed E-state index contributed by atoms with van der Waals surface area (Å²) in [4.78, 5) is 24.0. The third-order valence-corrected chi connectivity index (χ3v) is 3.03. The number of esters is 1. The van der Waals surface area contributed by atoms with Gasteiger partial charge in [0.05, 0.1) is 18.7 Å². The second-order valence-corrected chi connectivity index (χ2v) is 4.34. The van der Waals surface area contributed by atoms with E-state index in [4.69, 9.17) is 4.74 Å². The molecule has 0 aliphatic heterocycles. The van der Waals surface area contributed by atoms with Crippen LogP contribution in [0, 0.1) is 5.92 Å². The van der Waals surface area contributed by atoms with Gasteiger partial charge in [0, 0.05) is 18.3 Å². The van der Waals surface area contributed by atoms with Gasteiger partial charge in [-0.05, 0) is 13.3 Å². The monoisotopic (exact) mass is 259 g/mol. The Kier molecular flexibility index (Phi) is 2.94. The van der Waals surface area contributed by atoms with Crippen molar-refractivity contribution in [1.82, 2.24) is 25.1 Å². The lowest BCUT2D eigenvalue weighted by Gasteiger charge is -1.98. The number of aromatic amines is 1. The van der Waals surface area contributed by atoms with Crippen LogP contribution in [0.15, 0.2) is 18.6 Å². The van der Waals surface area contributed by atoms with Crippen LogP contribution in [0.1, 0.15) is 25.1 Å². The summed E-state index contributed by atoms with van der Waals surface area (Å²) in [6.45, 7) is 2.21. The molecule has 1 fully saturated rings. The minimum Gasteiger partial charge on any atom is -0.466 e. The maximum atomic E-state index is 11.6. The number of H-pyrrole nitrogens is 1. The fraction of sp³-hybridized carbons (Fsp3) is 0.417. The van der Waals surface area contributed by atoms with E-state index >= 15 is 0 Å². The average Bonchev–Trinajstić information content (AvgIpc) is 3.10. The van der Waals surface area contributed by atoms with Crippen molar-refractivity contribution >= 4 is 5.97 Å². The fourth-order valence-electron chi connectivity index (χ4n) is 1.98. The van der Waals surface area contributed by atoms with Crippen molar-refractivity contribution in [3.8, 4) is 11.5 Å². The molecule has 1 aliphatic carbocycles. The molecule has 0 bridgehead atoms. The van der Waals surface area contributed by atoms with Crippen LogP contribution in [-0.4, -0.2) is 37.7 Å². The summed E-state index contributed by atoms with van der Waals surface area (Å²) in [6.07, 6.45) is 5.54. The molecule has 0 saturated heterocycles. The highest BCUT2D eigenvalue weighted by molar-refractivity contribution is 5.77.